The molecule has 1 heterocycles. The lowest BCUT2D eigenvalue weighted by Gasteiger charge is -2.08. The van der Waals surface area contributed by atoms with E-state index in [0.717, 1.165) is 22.5 Å². The zero-order valence-electron chi connectivity index (χ0n) is 10.4. The van der Waals surface area contributed by atoms with Gasteiger partial charge in [-0.25, -0.2) is 13.2 Å². The van der Waals surface area contributed by atoms with Crippen LogP contribution < -0.4 is 5.32 Å². The number of hydrogen-bond donors (Lipinski definition) is 2. The van der Waals surface area contributed by atoms with E-state index in [4.69, 9.17) is 0 Å². The molecule has 0 unspecified atom stereocenters. The van der Waals surface area contributed by atoms with Crippen molar-refractivity contribution in [1.82, 2.24) is 4.98 Å². The quantitative estimate of drug-likeness (QED) is 0.689. The minimum absolute atomic E-state index is 0.186. The van der Waals surface area contributed by atoms with E-state index in [9.17, 15) is 13.2 Å². The molecule has 0 atom stereocenters. The fraction of sp³-hybridized carbons (Fsp3) is 0.0667. The number of aromatic amines is 1. The lowest BCUT2D eigenvalue weighted by molar-refractivity contribution is 0.497. The first-order valence-electron chi connectivity index (χ1n) is 6.08. The standard InChI is InChI=1S/C15H11F3N2/c16-11-6-12(17)15(18)14(7-11)20-8-9-1-2-10-3-4-19-13(10)5-9/h1-7,19-20H,8H2. The molecule has 2 N–H and O–H groups in total. The van der Waals surface area contributed by atoms with Gasteiger partial charge in [0.05, 0.1) is 5.69 Å². The maximum absolute atomic E-state index is 13.5. The summed E-state index contributed by atoms with van der Waals surface area (Å²) in [6.45, 7) is 0.273. The summed E-state index contributed by atoms with van der Waals surface area (Å²) in [5, 5.41) is 3.77. The van der Waals surface area contributed by atoms with Crippen molar-refractivity contribution in [2.75, 3.05) is 5.32 Å². The van der Waals surface area contributed by atoms with Gasteiger partial charge in [-0.15, -0.1) is 0 Å². The smallest absolute Gasteiger partial charge is 0.182 e. The second-order valence-corrected chi connectivity index (χ2v) is 4.50. The molecule has 0 amide bonds. The lowest BCUT2D eigenvalue weighted by atomic mass is 10.1. The number of aromatic nitrogens is 1. The van der Waals surface area contributed by atoms with Crippen LogP contribution in [0, 0.1) is 17.5 Å². The highest BCUT2D eigenvalue weighted by Gasteiger charge is 2.10. The molecule has 3 rings (SSSR count). The molecule has 0 aliphatic heterocycles. The molecule has 1 aromatic heterocycles. The number of anilines is 1. The second kappa shape index (κ2) is 4.92. The van der Waals surface area contributed by atoms with Crippen LogP contribution in [-0.4, -0.2) is 4.98 Å². The molecule has 0 fully saturated rings. The van der Waals surface area contributed by atoms with E-state index in [0.29, 0.717) is 6.07 Å². The van der Waals surface area contributed by atoms with E-state index in [2.05, 4.69) is 10.3 Å². The van der Waals surface area contributed by atoms with Gasteiger partial charge >= 0.3 is 0 Å². The molecule has 2 aromatic carbocycles. The third kappa shape index (κ3) is 2.34. The lowest BCUT2D eigenvalue weighted by Crippen LogP contribution is -2.03. The molecule has 0 bridgehead atoms. The Kier molecular flexibility index (Phi) is 3.10. The van der Waals surface area contributed by atoms with Crippen LogP contribution in [0.15, 0.2) is 42.6 Å². The summed E-state index contributed by atoms with van der Waals surface area (Å²) >= 11 is 0. The van der Waals surface area contributed by atoms with Crippen molar-refractivity contribution >= 4 is 16.6 Å². The van der Waals surface area contributed by atoms with Crippen LogP contribution in [0.2, 0.25) is 0 Å². The molecule has 0 saturated carbocycles. The van der Waals surface area contributed by atoms with E-state index >= 15 is 0 Å². The third-order valence-corrected chi connectivity index (χ3v) is 3.10. The van der Waals surface area contributed by atoms with Crippen LogP contribution in [0.4, 0.5) is 18.9 Å². The van der Waals surface area contributed by atoms with Gasteiger partial charge in [0.15, 0.2) is 11.6 Å². The number of halogens is 3. The average Bonchev–Trinajstić information content (AvgIpc) is 2.88. The van der Waals surface area contributed by atoms with Crippen molar-refractivity contribution < 1.29 is 13.2 Å². The summed E-state index contributed by atoms with van der Waals surface area (Å²) < 4.78 is 39.6. The maximum Gasteiger partial charge on any atom is 0.182 e. The van der Waals surface area contributed by atoms with Crippen LogP contribution in [0.5, 0.6) is 0 Å². The summed E-state index contributed by atoms with van der Waals surface area (Å²) in [5.74, 6) is -3.09. The van der Waals surface area contributed by atoms with Gasteiger partial charge in [-0.05, 0) is 23.1 Å². The topological polar surface area (TPSA) is 27.8 Å². The Bertz CT molecular complexity index is 765. The van der Waals surface area contributed by atoms with Crippen LogP contribution in [-0.2, 0) is 6.54 Å². The summed E-state index contributed by atoms with van der Waals surface area (Å²) in [5.41, 5.74) is 1.65. The van der Waals surface area contributed by atoms with Gasteiger partial charge in [-0.3, -0.25) is 0 Å². The van der Waals surface area contributed by atoms with Gasteiger partial charge in [0.2, 0.25) is 0 Å². The van der Waals surface area contributed by atoms with Gasteiger partial charge < -0.3 is 10.3 Å². The van der Waals surface area contributed by atoms with Gasteiger partial charge in [0.1, 0.15) is 5.82 Å². The average molecular weight is 276 g/mol. The predicted octanol–water partition coefficient (Wildman–Crippen LogP) is 4.20. The number of rotatable bonds is 3. The molecule has 20 heavy (non-hydrogen) atoms. The van der Waals surface area contributed by atoms with Crippen molar-refractivity contribution in [2.45, 2.75) is 6.54 Å². The van der Waals surface area contributed by atoms with Crippen LogP contribution in [0.25, 0.3) is 10.9 Å². The number of nitrogens with one attached hydrogen (secondary N) is 2. The van der Waals surface area contributed by atoms with Crippen molar-refractivity contribution in [3.8, 4) is 0 Å². The van der Waals surface area contributed by atoms with Crippen molar-refractivity contribution in [3.63, 3.8) is 0 Å². The Hall–Kier alpha value is -2.43. The molecule has 0 aliphatic rings. The molecule has 2 nitrogen and oxygen atoms in total. The first kappa shape index (κ1) is 12.6. The largest absolute Gasteiger partial charge is 0.378 e. The molecule has 0 saturated heterocycles. The Morgan fingerprint density at radius 2 is 1.85 bits per heavy atom. The van der Waals surface area contributed by atoms with Gasteiger partial charge in [0.25, 0.3) is 0 Å². The molecular weight excluding hydrogens is 265 g/mol. The first-order valence-corrected chi connectivity index (χ1v) is 6.08. The van der Waals surface area contributed by atoms with E-state index in [1.165, 1.54) is 0 Å². The normalized spacial score (nSPS) is 10.9. The van der Waals surface area contributed by atoms with Crippen molar-refractivity contribution in [1.29, 1.82) is 0 Å². The fourth-order valence-electron chi connectivity index (χ4n) is 2.09. The number of fused-ring (bicyclic) bond motifs is 1. The Morgan fingerprint density at radius 1 is 1.00 bits per heavy atom. The minimum Gasteiger partial charge on any atom is -0.378 e. The third-order valence-electron chi connectivity index (χ3n) is 3.10. The Balaban J connectivity index is 1.82. The van der Waals surface area contributed by atoms with Crippen molar-refractivity contribution in [3.05, 3.63) is 65.6 Å². The van der Waals surface area contributed by atoms with Crippen LogP contribution in [0.3, 0.4) is 0 Å². The summed E-state index contributed by atoms with van der Waals surface area (Å²) in [7, 11) is 0. The van der Waals surface area contributed by atoms with Gasteiger partial charge in [-0.1, -0.05) is 12.1 Å². The van der Waals surface area contributed by atoms with E-state index in [-0.39, 0.29) is 12.2 Å². The highest BCUT2D eigenvalue weighted by Crippen LogP contribution is 2.21. The Morgan fingerprint density at radius 3 is 2.70 bits per heavy atom. The molecular formula is C15H11F3N2. The monoisotopic (exact) mass is 276 g/mol. The minimum atomic E-state index is -1.20. The highest BCUT2D eigenvalue weighted by molar-refractivity contribution is 5.79. The zero-order chi connectivity index (χ0) is 14.1. The number of H-pyrrole nitrogens is 1. The molecule has 3 aromatic rings. The first-order chi connectivity index (χ1) is 9.63. The number of benzene rings is 2. The second-order valence-electron chi connectivity index (χ2n) is 4.50. The van der Waals surface area contributed by atoms with Crippen LogP contribution >= 0.6 is 0 Å². The maximum atomic E-state index is 13.5. The summed E-state index contributed by atoms with van der Waals surface area (Å²) in [4.78, 5) is 3.07. The molecule has 5 heteroatoms. The number of hydrogen-bond acceptors (Lipinski definition) is 1. The summed E-state index contributed by atoms with van der Waals surface area (Å²) in [6, 6.07) is 9.09. The van der Waals surface area contributed by atoms with E-state index in [1.54, 1.807) is 0 Å². The Labute approximate surface area is 113 Å². The molecule has 0 radical (unpaired) electrons. The molecule has 0 spiro atoms. The highest BCUT2D eigenvalue weighted by atomic mass is 19.2. The van der Waals surface area contributed by atoms with Crippen LogP contribution in [0.1, 0.15) is 5.56 Å². The van der Waals surface area contributed by atoms with Crippen molar-refractivity contribution in [2.24, 2.45) is 0 Å². The zero-order valence-corrected chi connectivity index (χ0v) is 10.4. The molecule has 0 aliphatic carbocycles. The fourth-order valence-corrected chi connectivity index (χ4v) is 2.09. The molecule has 102 valence electrons. The van der Waals surface area contributed by atoms with Gasteiger partial charge in [-0.2, -0.15) is 0 Å². The van der Waals surface area contributed by atoms with E-state index < -0.39 is 17.5 Å². The van der Waals surface area contributed by atoms with E-state index in [1.807, 2.05) is 30.5 Å². The predicted molar refractivity (Wildman–Crippen MR) is 71.9 cm³/mol. The summed E-state index contributed by atoms with van der Waals surface area (Å²) in [6.07, 6.45) is 1.82. The SMILES string of the molecule is Fc1cc(F)c(F)c(NCc2ccc3cc[nH]c3c2)c1. The van der Waals surface area contributed by atoms with Gasteiger partial charge in [0, 0.05) is 30.4 Å².